The largest absolute Gasteiger partial charge is 0.395 e. The van der Waals surface area contributed by atoms with Crippen molar-refractivity contribution in [3.05, 3.63) is 66.3 Å². The van der Waals surface area contributed by atoms with Crippen LogP contribution in [0, 0.1) is 5.92 Å². The van der Waals surface area contributed by atoms with Crippen LogP contribution in [-0.2, 0) is 0 Å². The maximum absolute atomic E-state index is 9.02. The first kappa shape index (κ1) is 19.7. The molecule has 144 valence electrons. The standard InChI is InChI=1S/C23H31N3O/c27-20-19-26-17-15-25(16-18-26)14-6-13-24-23-10-5-4-9-22(23)12-11-21-7-2-1-3-8-21/h1-5,7-12,22,27H,6,13-20H2. The van der Waals surface area contributed by atoms with Crippen LogP contribution in [0.15, 0.2) is 65.7 Å². The number of aliphatic hydroxyl groups is 1. The van der Waals surface area contributed by atoms with Gasteiger partial charge in [0.1, 0.15) is 0 Å². The van der Waals surface area contributed by atoms with Crippen LogP contribution in [-0.4, -0.2) is 73.0 Å². The molecule has 0 bridgehead atoms. The average molecular weight is 366 g/mol. The van der Waals surface area contributed by atoms with Gasteiger partial charge in [-0.15, -0.1) is 0 Å². The van der Waals surface area contributed by atoms with E-state index in [-0.39, 0.29) is 12.5 Å². The highest BCUT2D eigenvalue weighted by molar-refractivity contribution is 6.00. The number of piperazine rings is 1. The van der Waals surface area contributed by atoms with E-state index in [4.69, 9.17) is 10.1 Å². The molecule has 4 nitrogen and oxygen atoms in total. The van der Waals surface area contributed by atoms with E-state index in [0.717, 1.165) is 57.9 Å². The number of nitrogens with zero attached hydrogens (tertiary/aromatic N) is 3. The number of hydrogen-bond acceptors (Lipinski definition) is 4. The Balaban J connectivity index is 1.44. The van der Waals surface area contributed by atoms with Crippen LogP contribution >= 0.6 is 0 Å². The summed E-state index contributed by atoms with van der Waals surface area (Å²) in [6.07, 6.45) is 14.0. The molecule has 0 aromatic heterocycles. The number of β-amino-alcohol motifs (C(OH)–C–C–N with tert-alkyl or cyclic N) is 1. The number of aliphatic imine (C=N–C) groups is 1. The molecule has 1 saturated heterocycles. The van der Waals surface area contributed by atoms with E-state index >= 15 is 0 Å². The van der Waals surface area contributed by atoms with Gasteiger partial charge in [0.2, 0.25) is 0 Å². The molecule has 0 radical (unpaired) electrons. The van der Waals surface area contributed by atoms with Crippen molar-refractivity contribution in [2.45, 2.75) is 6.42 Å². The molecule has 2 aliphatic rings. The van der Waals surface area contributed by atoms with Gasteiger partial charge in [-0.05, 0) is 24.6 Å². The lowest BCUT2D eigenvalue weighted by Crippen LogP contribution is -2.47. The molecular weight excluding hydrogens is 334 g/mol. The molecule has 1 heterocycles. The molecule has 3 rings (SSSR count). The van der Waals surface area contributed by atoms with E-state index < -0.39 is 0 Å². The van der Waals surface area contributed by atoms with E-state index in [1.54, 1.807) is 0 Å². The smallest absolute Gasteiger partial charge is 0.0558 e. The summed E-state index contributed by atoms with van der Waals surface area (Å²) < 4.78 is 0. The van der Waals surface area contributed by atoms with Crippen LogP contribution in [0.25, 0.3) is 6.08 Å². The van der Waals surface area contributed by atoms with Crippen LogP contribution in [0.2, 0.25) is 0 Å². The van der Waals surface area contributed by atoms with Crippen molar-refractivity contribution in [1.29, 1.82) is 0 Å². The molecule has 1 aromatic carbocycles. The molecule has 0 amide bonds. The molecule has 1 N–H and O–H groups in total. The quantitative estimate of drug-likeness (QED) is 0.720. The molecule has 1 aromatic rings. The third kappa shape index (κ3) is 6.58. The first-order valence-corrected chi connectivity index (χ1v) is 10.0. The second kappa shape index (κ2) is 11.0. The third-order valence-corrected chi connectivity index (χ3v) is 5.14. The minimum absolute atomic E-state index is 0.261. The number of rotatable bonds is 8. The Morgan fingerprint density at radius 3 is 2.48 bits per heavy atom. The minimum Gasteiger partial charge on any atom is -0.395 e. The molecule has 1 fully saturated rings. The number of aliphatic hydroxyl groups excluding tert-OH is 1. The monoisotopic (exact) mass is 365 g/mol. The van der Waals surface area contributed by atoms with Gasteiger partial charge in [0, 0.05) is 50.9 Å². The second-order valence-corrected chi connectivity index (χ2v) is 7.11. The van der Waals surface area contributed by atoms with E-state index in [1.165, 1.54) is 5.56 Å². The lowest BCUT2D eigenvalue weighted by molar-refractivity contribution is 0.112. The van der Waals surface area contributed by atoms with Crippen molar-refractivity contribution < 1.29 is 5.11 Å². The molecule has 0 spiro atoms. The zero-order chi connectivity index (χ0) is 18.7. The maximum Gasteiger partial charge on any atom is 0.0558 e. The van der Waals surface area contributed by atoms with Gasteiger partial charge < -0.3 is 10.0 Å². The first-order chi connectivity index (χ1) is 13.3. The number of benzene rings is 1. The third-order valence-electron chi connectivity index (χ3n) is 5.14. The van der Waals surface area contributed by atoms with E-state index in [9.17, 15) is 0 Å². The molecule has 1 unspecified atom stereocenters. The van der Waals surface area contributed by atoms with Crippen molar-refractivity contribution in [2.24, 2.45) is 10.9 Å². The number of allylic oxidation sites excluding steroid dienone is 5. The highest BCUT2D eigenvalue weighted by Crippen LogP contribution is 2.14. The van der Waals surface area contributed by atoms with E-state index in [1.807, 2.05) is 6.07 Å². The molecule has 0 saturated carbocycles. The Bertz CT molecular complexity index is 670. The van der Waals surface area contributed by atoms with Crippen molar-refractivity contribution >= 4 is 11.8 Å². The van der Waals surface area contributed by atoms with Crippen molar-refractivity contribution in [1.82, 2.24) is 9.80 Å². The fourth-order valence-electron chi connectivity index (χ4n) is 3.53. The van der Waals surface area contributed by atoms with Crippen molar-refractivity contribution in [3.8, 4) is 0 Å². The summed E-state index contributed by atoms with van der Waals surface area (Å²) in [5, 5.41) is 9.02. The predicted octanol–water partition coefficient (Wildman–Crippen LogP) is 2.88. The van der Waals surface area contributed by atoms with Gasteiger partial charge in [-0.2, -0.15) is 0 Å². The summed E-state index contributed by atoms with van der Waals surface area (Å²) >= 11 is 0. The predicted molar refractivity (Wildman–Crippen MR) is 114 cm³/mol. The van der Waals surface area contributed by atoms with Gasteiger partial charge in [-0.1, -0.05) is 60.7 Å². The van der Waals surface area contributed by atoms with Gasteiger partial charge in [-0.25, -0.2) is 0 Å². The molecule has 1 aliphatic carbocycles. The maximum atomic E-state index is 9.02. The first-order valence-electron chi connectivity index (χ1n) is 10.0. The average Bonchev–Trinajstić information content (AvgIpc) is 2.72. The van der Waals surface area contributed by atoms with Gasteiger partial charge in [0.25, 0.3) is 0 Å². The zero-order valence-electron chi connectivity index (χ0n) is 16.1. The normalized spacial score (nSPS) is 22.9. The zero-order valence-corrected chi connectivity index (χ0v) is 16.1. The summed E-state index contributed by atoms with van der Waals surface area (Å²) in [4.78, 5) is 9.71. The Hall–Kier alpha value is -2.01. The van der Waals surface area contributed by atoms with Crippen molar-refractivity contribution in [3.63, 3.8) is 0 Å². The van der Waals surface area contributed by atoms with Gasteiger partial charge >= 0.3 is 0 Å². The Kier molecular flexibility index (Phi) is 8.03. The highest BCUT2D eigenvalue weighted by Gasteiger charge is 2.15. The van der Waals surface area contributed by atoms with Crippen LogP contribution in [0.5, 0.6) is 0 Å². The summed E-state index contributed by atoms with van der Waals surface area (Å²) in [5.74, 6) is 0.261. The Morgan fingerprint density at radius 1 is 1.00 bits per heavy atom. The van der Waals surface area contributed by atoms with Crippen LogP contribution in [0.4, 0.5) is 0 Å². The summed E-state index contributed by atoms with van der Waals surface area (Å²) in [7, 11) is 0. The molecule has 1 aliphatic heterocycles. The fraction of sp³-hybridized carbons (Fsp3) is 0.435. The van der Waals surface area contributed by atoms with Crippen LogP contribution in [0.3, 0.4) is 0 Å². The SMILES string of the molecule is OCCN1CCN(CCCN=C2C=CC=CC2C=Cc2ccccc2)CC1. The second-order valence-electron chi connectivity index (χ2n) is 7.11. The van der Waals surface area contributed by atoms with E-state index in [2.05, 4.69) is 70.5 Å². The lowest BCUT2D eigenvalue weighted by Gasteiger charge is -2.34. The summed E-state index contributed by atoms with van der Waals surface area (Å²) in [5.41, 5.74) is 2.37. The summed E-state index contributed by atoms with van der Waals surface area (Å²) in [6.45, 7) is 7.37. The van der Waals surface area contributed by atoms with E-state index in [0.29, 0.717) is 0 Å². The van der Waals surface area contributed by atoms with Gasteiger partial charge in [0.05, 0.1) is 6.61 Å². The fourth-order valence-corrected chi connectivity index (χ4v) is 3.53. The highest BCUT2D eigenvalue weighted by atomic mass is 16.3. The molecule has 27 heavy (non-hydrogen) atoms. The molecular formula is C23H31N3O. The number of hydrogen-bond donors (Lipinski definition) is 1. The van der Waals surface area contributed by atoms with Crippen LogP contribution in [0.1, 0.15) is 12.0 Å². The summed E-state index contributed by atoms with van der Waals surface area (Å²) in [6, 6.07) is 10.4. The molecule has 1 atom stereocenters. The topological polar surface area (TPSA) is 39.1 Å². The van der Waals surface area contributed by atoms with Gasteiger partial charge in [0.15, 0.2) is 0 Å². The Morgan fingerprint density at radius 2 is 1.74 bits per heavy atom. The molecule has 4 heteroatoms. The Labute approximate surface area is 163 Å². The minimum atomic E-state index is 0.261. The van der Waals surface area contributed by atoms with Crippen molar-refractivity contribution in [2.75, 3.05) is 52.4 Å². The van der Waals surface area contributed by atoms with Gasteiger partial charge in [-0.3, -0.25) is 9.89 Å². The lowest BCUT2D eigenvalue weighted by atomic mass is 9.97. The van der Waals surface area contributed by atoms with Crippen LogP contribution < -0.4 is 0 Å².